The first-order chi connectivity index (χ1) is 7.57. The van der Waals surface area contributed by atoms with Crippen LogP contribution in [0.5, 0.6) is 0 Å². The molecule has 1 aliphatic carbocycles. The average Bonchev–Trinajstić information content (AvgIpc) is 3.02. The Morgan fingerprint density at radius 2 is 2.25 bits per heavy atom. The predicted molar refractivity (Wildman–Crippen MR) is 58.0 cm³/mol. The fourth-order valence-corrected chi connectivity index (χ4v) is 1.51. The number of hydrogen-bond donors (Lipinski definition) is 1. The Bertz CT molecular complexity index is 286. The summed E-state index contributed by atoms with van der Waals surface area (Å²) in [5, 5.41) is 8.90. The second kappa shape index (κ2) is 5.65. The molecule has 0 aromatic carbocycles. The van der Waals surface area contributed by atoms with E-state index in [4.69, 9.17) is 9.84 Å². The van der Waals surface area contributed by atoms with E-state index in [0.717, 1.165) is 12.8 Å². The molecule has 0 aromatic heterocycles. The van der Waals surface area contributed by atoms with Gasteiger partial charge in [0.25, 0.3) is 0 Å². The number of nitrogens with zero attached hydrogens (tertiary/aromatic N) is 1. The highest BCUT2D eigenvalue weighted by Crippen LogP contribution is 2.28. The van der Waals surface area contributed by atoms with Gasteiger partial charge in [0.05, 0.1) is 6.61 Å². The van der Waals surface area contributed by atoms with Crippen molar-refractivity contribution in [2.75, 3.05) is 13.2 Å². The minimum Gasteiger partial charge on any atom is -0.480 e. The summed E-state index contributed by atoms with van der Waals surface area (Å²) in [6.45, 7) is 5.20. The number of carbonyl (C=O) groups is 2. The van der Waals surface area contributed by atoms with Crippen molar-refractivity contribution in [3.8, 4) is 0 Å². The molecule has 1 unspecified atom stereocenters. The van der Waals surface area contributed by atoms with E-state index in [1.165, 1.54) is 11.8 Å². The molecule has 5 nitrogen and oxygen atoms in total. The molecule has 5 heteroatoms. The Morgan fingerprint density at radius 1 is 1.62 bits per heavy atom. The van der Waals surface area contributed by atoms with Crippen molar-refractivity contribution < 1.29 is 19.4 Å². The Kier molecular flexibility index (Phi) is 4.49. The smallest absolute Gasteiger partial charge is 0.326 e. The van der Waals surface area contributed by atoms with Crippen LogP contribution >= 0.6 is 0 Å². The Hall–Kier alpha value is -1.36. The number of carbonyl (C=O) groups excluding carboxylic acids is 1. The molecule has 1 fully saturated rings. The van der Waals surface area contributed by atoms with Gasteiger partial charge in [-0.2, -0.15) is 0 Å². The zero-order valence-electron chi connectivity index (χ0n) is 9.39. The summed E-state index contributed by atoms with van der Waals surface area (Å²) in [6, 6.07) is -0.710. The van der Waals surface area contributed by atoms with Gasteiger partial charge in [0.15, 0.2) is 0 Å². The van der Waals surface area contributed by atoms with Crippen LogP contribution in [0.4, 0.5) is 0 Å². The molecule has 0 spiro atoms. The Morgan fingerprint density at radius 3 is 2.69 bits per heavy atom. The third-order valence-electron chi connectivity index (χ3n) is 2.46. The lowest BCUT2D eigenvalue weighted by Gasteiger charge is -2.26. The van der Waals surface area contributed by atoms with Crippen LogP contribution in [0, 0.1) is 0 Å². The maximum Gasteiger partial charge on any atom is 0.326 e. The van der Waals surface area contributed by atoms with E-state index in [2.05, 4.69) is 6.58 Å². The summed E-state index contributed by atoms with van der Waals surface area (Å²) < 4.78 is 5.03. The fraction of sp³-hybridized carbons (Fsp3) is 0.636. The van der Waals surface area contributed by atoms with Crippen molar-refractivity contribution in [2.45, 2.75) is 31.8 Å². The maximum absolute atomic E-state index is 11.7. The second-order valence-electron chi connectivity index (χ2n) is 3.85. The van der Waals surface area contributed by atoms with Crippen molar-refractivity contribution in [3.63, 3.8) is 0 Å². The molecule has 1 rings (SSSR count). The highest BCUT2D eigenvalue weighted by Gasteiger charge is 2.38. The summed E-state index contributed by atoms with van der Waals surface area (Å²) in [5.74, 6) is -1.25. The van der Waals surface area contributed by atoms with Crippen LogP contribution in [0.15, 0.2) is 12.7 Å². The van der Waals surface area contributed by atoms with Gasteiger partial charge in [0.1, 0.15) is 12.6 Å². The van der Waals surface area contributed by atoms with Crippen LogP contribution < -0.4 is 0 Å². The van der Waals surface area contributed by atoms with Gasteiger partial charge in [-0.25, -0.2) is 4.79 Å². The Balaban J connectivity index is 2.52. The molecule has 1 atom stereocenters. The number of carboxylic acid groups (broad SMARTS) is 1. The lowest BCUT2D eigenvalue weighted by atomic mass is 10.2. The molecule has 0 saturated heterocycles. The third kappa shape index (κ3) is 3.34. The predicted octanol–water partition coefficient (Wildman–Crippen LogP) is 0.653. The van der Waals surface area contributed by atoms with Crippen LogP contribution in [-0.2, 0) is 14.3 Å². The maximum atomic E-state index is 11.7. The van der Waals surface area contributed by atoms with Gasteiger partial charge >= 0.3 is 5.97 Å². The normalized spacial score (nSPS) is 16.6. The molecule has 0 radical (unpaired) electrons. The zero-order chi connectivity index (χ0) is 12.1. The third-order valence-corrected chi connectivity index (χ3v) is 2.46. The highest BCUT2D eigenvalue weighted by atomic mass is 16.5. The van der Waals surface area contributed by atoms with Gasteiger partial charge in [-0.1, -0.05) is 6.08 Å². The number of hydrogen-bond acceptors (Lipinski definition) is 3. The second-order valence-corrected chi connectivity index (χ2v) is 3.85. The van der Waals surface area contributed by atoms with Crippen LogP contribution in [0.3, 0.4) is 0 Å². The molecule has 90 valence electrons. The molecule has 0 aromatic rings. The van der Waals surface area contributed by atoms with Crippen molar-refractivity contribution in [1.82, 2.24) is 4.90 Å². The molecule has 0 bridgehead atoms. The number of rotatable bonds is 7. The SMILES string of the molecule is C=CCOCC(=O)N(C1CC1)C(C)C(=O)O. The summed E-state index contributed by atoms with van der Waals surface area (Å²) in [6.07, 6.45) is 3.31. The van der Waals surface area contributed by atoms with Crippen molar-refractivity contribution in [2.24, 2.45) is 0 Å². The summed E-state index contributed by atoms with van der Waals surface area (Å²) in [7, 11) is 0. The van der Waals surface area contributed by atoms with Gasteiger partial charge in [-0.05, 0) is 19.8 Å². The number of aliphatic carboxylic acids is 1. The van der Waals surface area contributed by atoms with E-state index in [-0.39, 0.29) is 18.6 Å². The first kappa shape index (κ1) is 12.7. The molecule has 0 aliphatic heterocycles. The van der Waals surface area contributed by atoms with Crippen LogP contribution in [-0.4, -0.2) is 47.2 Å². The molecule has 0 heterocycles. The molecule has 1 amide bonds. The average molecular weight is 227 g/mol. The van der Waals surface area contributed by atoms with Crippen molar-refractivity contribution in [3.05, 3.63) is 12.7 Å². The number of carboxylic acids is 1. The lowest BCUT2D eigenvalue weighted by molar-refractivity contribution is -0.151. The topological polar surface area (TPSA) is 66.8 Å². The van der Waals surface area contributed by atoms with Crippen LogP contribution in [0.2, 0.25) is 0 Å². The van der Waals surface area contributed by atoms with E-state index in [1.807, 2.05) is 0 Å². The monoisotopic (exact) mass is 227 g/mol. The van der Waals surface area contributed by atoms with Crippen LogP contribution in [0.1, 0.15) is 19.8 Å². The van der Waals surface area contributed by atoms with E-state index < -0.39 is 12.0 Å². The minimum atomic E-state index is -0.982. The van der Waals surface area contributed by atoms with Gasteiger partial charge < -0.3 is 14.7 Å². The van der Waals surface area contributed by atoms with Crippen molar-refractivity contribution in [1.29, 1.82) is 0 Å². The summed E-state index contributed by atoms with van der Waals surface area (Å²) >= 11 is 0. The van der Waals surface area contributed by atoms with E-state index in [0.29, 0.717) is 6.61 Å². The molecular formula is C11H17NO4. The largest absolute Gasteiger partial charge is 0.480 e. The van der Waals surface area contributed by atoms with Gasteiger partial charge in [-0.15, -0.1) is 6.58 Å². The van der Waals surface area contributed by atoms with Crippen LogP contribution in [0.25, 0.3) is 0 Å². The minimum absolute atomic E-state index is 0.0749. The quantitative estimate of drug-likeness (QED) is 0.512. The van der Waals surface area contributed by atoms with Gasteiger partial charge in [-0.3, -0.25) is 4.79 Å². The molecule has 1 saturated carbocycles. The van der Waals surface area contributed by atoms with E-state index in [9.17, 15) is 9.59 Å². The van der Waals surface area contributed by atoms with Crippen molar-refractivity contribution >= 4 is 11.9 Å². The first-order valence-electron chi connectivity index (χ1n) is 5.30. The van der Waals surface area contributed by atoms with Gasteiger partial charge in [0, 0.05) is 6.04 Å². The number of amides is 1. The molecule has 16 heavy (non-hydrogen) atoms. The van der Waals surface area contributed by atoms with E-state index >= 15 is 0 Å². The number of ether oxygens (including phenoxy) is 1. The first-order valence-corrected chi connectivity index (χ1v) is 5.30. The summed E-state index contributed by atoms with van der Waals surface area (Å²) in [4.78, 5) is 24.0. The highest BCUT2D eigenvalue weighted by molar-refractivity contribution is 5.84. The zero-order valence-corrected chi connectivity index (χ0v) is 9.39. The van der Waals surface area contributed by atoms with Gasteiger partial charge in [0.2, 0.25) is 5.91 Å². The summed E-state index contributed by atoms with van der Waals surface area (Å²) in [5.41, 5.74) is 0. The fourth-order valence-electron chi connectivity index (χ4n) is 1.51. The lowest BCUT2D eigenvalue weighted by Crippen LogP contribution is -2.46. The Labute approximate surface area is 94.7 Å². The van der Waals surface area contributed by atoms with E-state index in [1.54, 1.807) is 6.08 Å². The molecule has 1 N–H and O–H groups in total. The standard InChI is InChI=1S/C11H17NO4/c1-3-6-16-7-10(13)12(9-4-5-9)8(2)11(14)15/h3,8-9H,1,4-7H2,2H3,(H,14,15). The molecular weight excluding hydrogens is 210 g/mol. The molecule has 1 aliphatic rings.